The van der Waals surface area contributed by atoms with Crippen LogP contribution >= 0.6 is 0 Å². The van der Waals surface area contributed by atoms with Gasteiger partial charge in [-0.1, -0.05) is 18.2 Å². The summed E-state index contributed by atoms with van der Waals surface area (Å²) >= 11 is 0. The van der Waals surface area contributed by atoms with Gasteiger partial charge in [-0.2, -0.15) is 5.10 Å². The second kappa shape index (κ2) is 7.40. The first kappa shape index (κ1) is 16.4. The SMILES string of the molecule is CN(CCO)c1ccc(CC2CC(=O)N(c3ccccc3)C2)nn1. The van der Waals surface area contributed by atoms with Crippen LogP contribution in [0.2, 0.25) is 0 Å². The molecule has 2 heterocycles. The van der Waals surface area contributed by atoms with Crippen LogP contribution < -0.4 is 9.80 Å². The molecule has 0 saturated carbocycles. The predicted molar refractivity (Wildman–Crippen MR) is 93.0 cm³/mol. The van der Waals surface area contributed by atoms with Crippen LogP contribution in [0.5, 0.6) is 0 Å². The number of aromatic nitrogens is 2. The molecule has 1 aliphatic heterocycles. The number of para-hydroxylation sites is 1. The van der Waals surface area contributed by atoms with E-state index in [1.807, 2.05) is 59.3 Å². The molecule has 24 heavy (non-hydrogen) atoms. The molecule has 1 atom stereocenters. The van der Waals surface area contributed by atoms with Crippen LogP contribution in [0.25, 0.3) is 0 Å². The third kappa shape index (κ3) is 3.71. The Morgan fingerprint density at radius 3 is 2.67 bits per heavy atom. The number of anilines is 2. The van der Waals surface area contributed by atoms with E-state index in [2.05, 4.69) is 10.2 Å². The Morgan fingerprint density at radius 2 is 2.00 bits per heavy atom. The quantitative estimate of drug-likeness (QED) is 0.871. The van der Waals surface area contributed by atoms with Gasteiger partial charge in [0.05, 0.1) is 12.3 Å². The Hall–Kier alpha value is -2.47. The van der Waals surface area contributed by atoms with Gasteiger partial charge in [-0.25, -0.2) is 0 Å². The molecule has 3 rings (SSSR count). The van der Waals surface area contributed by atoms with Crippen LogP contribution in [0, 0.1) is 5.92 Å². The molecule has 1 saturated heterocycles. The zero-order valence-electron chi connectivity index (χ0n) is 13.8. The van der Waals surface area contributed by atoms with Crippen molar-refractivity contribution in [1.82, 2.24) is 10.2 Å². The van der Waals surface area contributed by atoms with Crippen molar-refractivity contribution in [2.24, 2.45) is 5.92 Å². The molecule has 1 aromatic carbocycles. The summed E-state index contributed by atoms with van der Waals surface area (Å²) in [5.74, 6) is 1.16. The van der Waals surface area contributed by atoms with E-state index in [-0.39, 0.29) is 18.4 Å². The van der Waals surface area contributed by atoms with Crippen molar-refractivity contribution in [3.05, 3.63) is 48.2 Å². The van der Waals surface area contributed by atoms with Gasteiger partial charge in [-0.15, -0.1) is 5.10 Å². The number of likely N-dealkylation sites (N-methyl/N-ethyl adjacent to an activating group) is 1. The lowest BCUT2D eigenvalue weighted by atomic mass is 10.0. The van der Waals surface area contributed by atoms with E-state index in [1.165, 1.54) is 0 Å². The highest BCUT2D eigenvalue weighted by Gasteiger charge is 2.30. The molecule has 0 radical (unpaired) electrons. The fourth-order valence-corrected chi connectivity index (χ4v) is 3.00. The topological polar surface area (TPSA) is 69.6 Å². The maximum atomic E-state index is 12.3. The Morgan fingerprint density at radius 1 is 1.21 bits per heavy atom. The van der Waals surface area contributed by atoms with E-state index >= 15 is 0 Å². The van der Waals surface area contributed by atoms with Gasteiger partial charge < -0.3 is 14.9 Å². The average Bonchev–Trinajstić information content (AvgIpc) is 2.97. The molecular weight excluding hydrogens is 304 g/mol. The first-order valence-corrected chi connectivity index (χ1v) is 8.17. The molecular formula is C18H22N4O2. The van der Waals surface area contributed by atoms with E-state index in [9.17, 15) is 4.79 Å². The smallest absolute Gasteiger partial charge is 0.227 e. The van der Waals surface area contributed by atoms with Crippen LogP contribution in [0.3, 0.4) is 0 Å². The molecule has 1 unspecified atom stereocenters. The Kier molecular flexibility index (Phi) is 5.05. The van der Waals surface area contributed by atoms with Gasteiger partial charge in [0.25, 0.3) is 0 Å². The second-order valence-corrected chi connectivity index (χ2v) is 6.14. The number of benzene rings is 1. The summed E-state index contributed by atoms with van der Waals surface area (Å²) in [6, 6.07) is 13.6. The summed E-state index contributed by atoms with van der Waals surface area (Å²) in [6.07, 6.45) is 1.29. The summed E-state index contributed by atoms with van der Waals surface area (Å²) < 4.78 is 0. The number of carbonyl (C=O) groups excluding carboxylic acids is 1. The first-order valence-electron chi connectivity index (χ1n) is 8.17. The third-order valence-corrected chi connectivity index (χ3v) is 4.30. The number of aliphatic hydroxyl groups is 1. The predicted octanol–water partition coefficient (Wildman–Crippen LogP) is 1.50. The van der Waals surface area contributed by atoms with Gasteiger partial charge in [0.2, 0.25) is 5.91 Å². The molecule has 1 N–H and O–H groups in total. The molecule has 1 amide bonds. The molecule has 6 nitrogen and oxygen atoms in total. The summed E-state index contributed by atoms with van der Waals surface area (Å²) in [5, 5.41) is 17.4. The molecule has 6 heteroatoms. The highest BCUT2D eigenvalue weighted by molar-refractivity contribution is 5.95. The first-order chi connectivity index (χ1) is 11.7. The summed E-state index contributed by atoms with van der Waals surface area (Å²) in [5.41, 5.74) is 1.85. The zero-order valence-corrected chi connectivity index (χ0v) is 13.8. The fourth-order valence-electron chi connectivity index (χ4n) is 3.00. The number of hydrogen-bond donors (Lipinski definition) is 1. The van der Waals surface area contributed by atoms with E-state index in [1.54, 1.807) is 0 Å². The molecule has 1 aliphatic rings. The minimum atomic E-state index is 0.0828. The van der Waals surface area contributed by atoms with E-state index in [0.717, 1.165) is 30.2 Å². The van der Waals surface area contributed by atoms with Crippen molar-refractivity contribution in [2.75, 3.05) is 36.5 Å². The number of carbonyl (C=O) groups is 1. The van der Waals surface area contributed by atoms with Crippen LogP contribution in [-0.2, 0) is 11.2 Å². The van der Waals surface area contributed by atoms with E-state index < -0.39 is 0 Å². The summed E-state index contributed by atoms with van der Waals surface area (Å²) in [4.78, 5) is 16.0. The lowest BCUT2D eigenvalue weighted by Gasteiger charge is -2.17. The largest absolute Gasteiger partial charge is 0.395 e. The van der Waals surface area contributed by atoms with Crippen molar-refractivity contribution in [1.29, 1.82) is 0 Å². The molecule has 1 aromatic heterocycles. The monoisotopic (exact) mass is 326 g/mol. The van der Waals surface area contributed by atoms with Crippen molar-refractivity contribution in [3.63, 3.8) is 0 Å². The standard InChI is InChI=1S/C18H22N4O2/c1-21(9-10-23)17-8-7-15(19-20-17)11-14-12-18(24)22(13-14)16-5-3-2-4-6-16/h2-8,14,23H,9-13H2,1H3. The minimum absolute atomic E-state index is 0.0828. The van der Waals surface area contributed by atoms with E-state index in [0.29, 0.717) is 13.0 Å². The van der Waals surface area contributed by atoms with Crippen molar-refractivity contribution < 1.29 is 9.90 Å². The molecule has 0 spiro atoms. The van der Waals surface area contributed by atoms with Crippen molar-refractivity contribution >= 4 is 17.4 Å². The van der Waals surface area contributed by atoms with Gasteiger partial charge in [0.15, 0.2) is 5.82 Å². The maximum absolute atomic E-state index is 12.3. The molecule has 0 aliphatic carbocycles. The molecule has 126 valence electrons. The van der Waals surface area contributed by atoms with Gasteiger partial charge in [-0.3, -0.25) is 4.79 Å². The van der Waals surface area contributed by atoms with Crippen LogP contribution in [0.15, 0.2) is 42.5 Å². The zero-order chi connectivity index (χ0) is 16.9. The Labute approximate surface area is 141 Å². The van der Waals surface area contributed by atoms with E-state index in [4.69, 9.17) is 5.11 Å². The van der Waals surface area contributed by atoms with Crippen LogP contribution in [0.1, 0.15) is 12.1 Å². The lowest BCUT2D eigenvalue weighted by Crippen LogP contribution is -2.24. The van der Waals surface area contributed by atoms with Gasteiger partial charge in [0, 0.05) is 32.2 Å². The van der Waals surface area contributed by atoms with Gasteiger partial charge in [-0.05, 0) is 36.6 Å². The van der Waals surface area contributed by atoms with Crippen molar-refractivity contribution in [2.45, 2.75) is 12.8 Å². The highest BCUT2D eigenvalue weighted by atomic mass is 16.3. The molecule has 2 aromatic rings. The Bertz CT molecular complexity index is 675. The molecule has 1 fully saturated rings. The van der Waals surface area contributed by atoms with Crippen LogP contribution in [0.4, 0.5) is 11.5 Å². The second-order valence-electron chi connectivity index (χ2n) is 6.14. The molecule has 0 bridgehead atoms. The van der Waals surface area contributed by atoms with Crippen molar-refractivity contribution in [3.8, 4) is 0 Å². The lowest BCUT2D eigenvalue weighted by molar-refractivity contribution is -0.117. The number of aliphatic hydroxyl groups excluding tert-OH is 1. The number of nitrogens with zero attached hydrogens (tertiary/aromatic N) is 4. The number of rotatable bonds is 6. The normalized spacial score (nSPS) is 17.3. The minimum Gasteiger partial charge on any atom is -0.395 e. The summed E-state index contributed by atoms with van der Waals surface area (Å²) in [7, 11) is 1.87. The van der Waals surface area contributed by atoms with Gasteiger partial charge >= 0.3 is 0 Å². The number of hydrogen-bond acceptors (Lipinski definition) is 5. The Balaban J connectivity index is 1.62. The maximum Gasteiger partial charge on any atom is 0.227 e. The summed E-state index contributed by atoms with van der Waals surface area (Å²) in [6.45, 7) is 1.33. The highest BCUT2D eigenvalue weighted by Crippen LogP contribution is 2.26. The van der Waals surface area contributed by atoms with Gasteiger partial charge in [0.1, 0.15) is 0 Å². The number of amides is 1. The fraction of sp³-hybridized carbons (Fsp3) is 0.389. The van der Waals surface area contributed by atoms with Crippen LogP contribution in [-0.4, -0.2) is 48.0 Å². The average molecular weight is 326 g/mol. The third-order valence-electron chi connectivity index (χ3n) is 4.30.